The van der Waals surface area contributed by atoms with Gasteiger partial charge < -0.3 is 5.32 Å². The van der Waals surface area contributed by atoms with Gasteiger partial charge in [-0.3, -0.25) is 0 Å². The Balaban J connectivity index is 2.08. The Hall–Kier alpha value is 0.110. The predicted molar refractivity (Wildman–Crippen MR) is 82.0 cm³/mol. The summed E-state index contributed by atoms with van der Waals surface area (Å²) >= 11 is 13.9. The van der Waals surface area contributed by atoms with Gasteiger partial charge in [0, 0.05) is 16.2 Å². The first-order chi connectivity index (χ1) is 8.60. The van der Waals surface area contributed by atoms with Crippen molar-refractivity contribution >= 4 is 35.0 Å². The van der Waals surface area contributed by atoms with Crippen LogP contribution >= 0.6 is 35.0 Å². The highest BCUT2D eigenvalue weighted by Crippen LogP contribution is 2.38. The van der Waals surface area contributed by atoms with Crippen molar-refractivity contribution in [1.82, 2.24) is 5.32 Å². The lowest BCUT2D eigenvalue weighted by Crippen LogP contribution is -2.40. The van der Waals surface area contributed by atoms with E-state index in [0.717, 1.165) is 5.92 Å². The highest BCUT2D eigenvalue weighted by Gasteiger charge is 2.28. The van der Waals surface area contributed by atoms with E-state index in [1.165, 1.54) is 24.2 Å². The minimum absolute atomic E-state index is 0.598. The summed E-state index contributed by atoms with van der Waals surface area (Å²) in [6.07, 6.45) is 3.84. The molecule has 0 heterocycles. The third-order valence-electron chi connectivity index (χ3n) is 3.60. The molecule has 2 rings (SSSR count). The highest BCUT2D eigenvalue weighted by molar-refractivity contribution is 8.00. The molecule has 1 N–H and O–H groups in total. The summed E-state index contributed by atoms with van der Waals surface area (Å²) in [5, 5.41) is 5.34. The standard InChI is InChI=1S/C14H19Cl2NS/c1-9-3-6-13(17-2)14(7-9)18-10-4-5-11(15)12(16)8-10/h4-5,8-9,13-14,17H,3,6-7H2,1-2H3. The minimum Gasteiger partial charge on any atom is -0.316 e. The van der Waals surface area contributed by atoms with Crippen LogP contribution in [0.3, 0.4) is 0 Å². The van der Waals surface area contributed by atoms with Crippen molar-refractivity contribution in [3.05, 3.63) is 28.2 Å². The number of thioether (sulfide) groups is 1. The summed E-state index contributed by atoms with van der Waals surface area (Å²) in [6.45, 7) is 2.34. The Morgan fingerprint density at radius 1 is 1.22 bits per heavy atom. The van der Waals surface area contributed by atoms with Crippen LogP contribution < -0.4 is 5.32 Å². The Labute approximate surface area is 124 Å². The molecule has 1 aliphatic rings. The van der Waals surface area contributed by atoms with E-state index in [2.05, 4.69) is 25.4 Å². The second kappa shape index (κ2) is 6.51. The average Bonchev–Trinajstić information content (AvgIpc) is 2.34. The molecule has 0 aromatic heterocycles. The van der Waals surface area contributed by atoms with E-state index >= 15 is 0 Å². The van der Waals surface area contributed by atoms with Gasteiger partial charge in [-0.1, -0.05) is 30.1 Å². The fraction of sp³-hybridized carbons (Fsp3) is 0.571. The largest absolute Gasteiger partial charge is 0.316 e. The van der Waals surface area contributed by atoms with Crippen LogP contribution in [0.15, 0.2) is 23.1 Å². The van der Waals surface area contributed by atoms with Gasteiger partial charge in [0.1, 0.15) is 0 Å². The molecule has 0 spiro atoms. The van der Waals surface area contributed by atoms with Gasteiger partial charge in [-0.05, 0) is 50.4 Å². The molecule has 0 amide bonds. The molecule has 1 aromatic rings. The molecule has 4 heteroatoms. The van der Waals surface area contributed by atoms with Crippen molar-refractivity contribution in [1.29, 1.82) is 0 Å². The average molecular weight is 304 g/mol. The van der Waals surface area contributed by atoms with E-state index in [1.807, 2.05) is 23.9 Å². The molecule has 1 aromatic carbocycles. The Bertz CT molecular complexity index is 411. The Morgan fingerprint density at radius 2 is 2.00 bits per heavy atom. The molecule has 3 atom stereocenters. The zero-order valence-corrected chi connectivity index (χ0v) is 13.1. The lowest BCUT2D eigenvalue weighted by atomic mass is 9.87. The third kappa shape index (κ3) is 3.57. The van der Waals surface area contributed by atoms with E-state index in [9.17, 15) is 0 Å². The van der Waals surface area contributed by atoms with Crippen molar-refractivity contribution in [2.45, 2.75) is 42.4 Å². The van der Waals surface area contributed by atoms with Crippen LogP contribution in [0.1, 0.15) is 26.2 Å². The lowest BCUT2D eigenvalue weighted by molar-refractivity contribution is 0.329. The number of hydrogen-bond donors (Lipinski definition) is 1. The summed E-state index contributed by atoms with van der Waals surface area (Å²) in [4.78, 5) is 1.21. The van der Waals surface area contributed by atoms with Gasteiger partial charge in [-0.2, -0.15) is 0 Å². The van der Waals surface area contributed by atoms with Gasteiger partial charge in [0.2, 0.25) is 0 Å². The van der Waals surface area contributed by atoms with Crippen LogP contribution in [0.2, 0.25) is 10.0 Å². The molecule has 3 unspecified atom stereocenters. The summed E-state index contributed by atoms with van der Waals surface area (Å²) < 4.78 is 0. The molecule has 1 nitrogen and oxygen atoms in total. The van der Waals surface area contributed by atoms with E-state index in [4.69, 9.17) is 23.2 Å². The van der Waals surface area contributed by atoms with Crippen molar-refractivity contribution < 1.29 is 0 Å². The van der Waals surface area contributed by atoms with Crippen molar-refractivity contribution in [3.63, 3.8) is 0 Å². The van der Waals surface area contributed by atoms with Gasteiger partial charge in [0.05, 0.1) is 10.0 Å². The molecule has 0 saturated heterocycles. The molecule has 0 radical (unpaired) electrons. The lowest BCUT2D eigenvalue weighted by Gasteiger charge is -2.34. The molecule has 0 aliphatic heterocycles. The summed E-state index contributed by atoms with van der Waals surface area (Å²) in [7, 11) is 2.06. The maximum atomic E-state index is 6.07. The smallest absolute Gasteiger partial charge is 0.0603 e. The zero-order chi connectivity index (χ0) is 13.1. The Morgan fingerprint density at radius 3 is 2.67 bits per heavy atom. The quantitative estimate of drug-likeness (QED) is 0.855. The van der Waals surface area contributed by atoms with Gasteiger partial charge in [0.15, 0.2) is 0 Å². The molecule has 18 heavy (non-hydrogen) atoms. The van der Waals surface area contributed by atoms with E-state index in [0.29, 0.717) is 21.3 Å². The number of benzene rings is 1. The van der Waals surface area contributed by atoms with Crippen LogP contribution in [0.25, 0.3) is 0 Å². The molecule has 1 saturated carbocycles. The maximum absolute atomic E-state index is 6.07. The van der Waals surface area contributed by atoms with Crippen molar-refractivity contribution in [2.24, 2.45) is 5.92 Å². The van der Waals surface area contributed by atoms with Crippen molar-refractivity contribution in [2.75, 3.05) is 7.05 Å². The van der Waals surface area contributed by atoms with E-state index in [1.54, 1.807) is 0 Å². The summed E-state index contributed by atoms with van der Waals surface area (Å²) in [5.74, 6) is 0.815. The summed E-state index contributed by atoms with van der Waals surface area (Å²) in [5.41, 5.74) is 0. The van der Waals surface area contributed by atoms with E-state index in [-0.39, 0.29) is 0 Å². The fourth-order valence-electron chi connectivity index (χ4n) is 2.51. The first-order valence-electron chi connectivity index (χ1n) is 6.39. The number of hydrogen-bond acceptors (Lipinski definition) is 2. The topological polar surface area (TPSA) is 12.0 Å². The second-order valence-electron chi connectivity index (χ2n) is 5.05. The molecular weight excluding hydrogens is 285 g/mol. The van der Waals surface area contributed by atoms with Crippen LogP contribution in [0.5, 0.6) is 0 Å². The monoisotopic (exact) mass is 303 g/mol. The van der Waals surface area contributed by atoms with Gasteiger partial charge in [0.25, 0.3) is 0 Å². The zero-order valence-electron chi connectivity index (χ0n) is 10.7. The normalized spacial score (nSPS) is 28.3. The molecule has 0 bridgehead atoms. The fourth-order valence-corrected chi connectivity index (χ4v) is 4.42. The Kier molecular flexibility index (Phi) is 5.25. The third-order valence-corrected chi connectivity index (χ3v) is 5.69. The number of rotatable bonds is 3. The van der Waals surface area contributed by atoms with Gasteiger partial charge >= 0.3 is 0 Å². The maximum Gasteiger partial charge on any atom is 0.0603 e. The first-order valence-corrected chi connectivity index (χ1v) is 8.02. The van der Waals surface area contributed by atoms with Crippen molar-refractivity contribution in [3.8, 4) is 0 Å². The molecule has 100 valence electrons. The van der Waals surface area contributed by atoms with Crippen LogP contribution in [0.4, 0.5) is 0 Å². The molecular formula is C14H19Cl2NS. The highest BCUT2D eigenvalue weighted by atomic mass is 35.5. The SMILES string of the molecule is CNC1CCC(C)CC1Sc1ccc(Cl)c(Cl)c1. The van der Waals surface area contributed by atoms with Crippen LogP contribution in [0, 0.1) is 5.92 Å². The minimum atomic E-state index is 0.598. The predicted octanol–water partition coefficient (Wildman–Crippen LogP) is 4.86. The van der Waals surface area contributed by atoms with E-state index < -0.39 is 0 Å². The number of halogens is 2. The second-order valence-corrected chi connectivity index (χ2v) is 7.17. The molecule has 1 aliphatic carbocycles. The number of nitrogens with one attached hydrogen (secondary N) is 1. The first kappa shape index (κ1) is 14.5. The van der Waals surface area contributed by atoms with Gasteiger partial charge in [-0.15, -0.1) is 11.8 Å². The van der Waals surface area contributed by atoms with Gasteiger partial charge in [-0.25, -0.2) is 0 Å². The summed E-state index contributed by atoms with van der Waals surface area (Å²) in [6, 6.07) is 6.51. The molecule has 1 fully saturated rings. The van der Waals surface area contributed by atoms with Crippen LogP contribution in [-0.2, 0) is 0 Å². The van der Waals surface area contributed by atoms with Crippen LogP contribution in [-0.4, -0.2) is 18.3 Å².